The number of hydrogen-bond acceptors (Lipinski definition) is 5. The fraction of sp³-hybridized carbons (Fsp3) is 0.526. The van der Waals surface area contributed by atoms with Crippen molar-refractivity contribution in [2.45, 2.75) is 32.9 Å². The molecule has 0 fully saturated rings. The maximum Gasteiger partial charge on any atom is 0.230 e. The van der Waals surface area contributed by atoms with Gasteiger partial charge in [0, 0.05) is 37.9 Å². The van der Waals surface area contributed by atoms with E-state index in [1.165, 1.54) is 17.4 Å². The number of amides is 1. The predicted octanol–water partition coefficient (Wildman–Crippen LogP) is 3.19. The molecule has 0 radical (unpaired) electrons. The largest absolute Gasteiger partial charge is 0.372 e. The Hall–Kier alpha value is -2.02. The van der Waals surface area contributed by atoms with Crippen molar-refractivity contribution in [3.05, 3.63) is 24.3 Å². The van der Waals surface area contributed by atoms with E-state index in [2.05, 4.69) is 72.4 Å². The van der Waals surface area contributed by atoms with E-state index < -0.39 is 0 Å². The van der Waals surface area contributed by atoms with E-state index in [1.54, 1.807) is 0 Å². The van der Waals surface area contributed by atoms with Crippen molar-refractivity contribution >= 4 is 23.4 Å². The third-order valence-corrected chi connectivity index (χ3v) is 5.15. The first-order valence-corrected chi connectivity index (χ1v) is 10.1. The average Bonchev–Trinajstić information content (AvgIpc) is 3.00. The third kappa shape index (κ3) is 5.24. The van der Waals surface area contributed by atoms with Crippen LogP contribution in [0.3, 0.4) is 0 Å². The molecule has 2 rings (SSSR count). The van der Waals surface area contributed by atoms with E-state index in [0.29, 0.717) is 18.2 Å². The minimum atomic E-state index is 0.0248. The summed E-state index contributed by atoms with van der Waals surface area (Å²) < 4.78 is 1.94. The van der Waals surface area contributed by atoms with Crippen molar-refractivity contribution in [2.24, 2.45) is 13.0 Å². The summed E-state index contributed by atoms with van der Waals surface area (Å²) in [5, 5.41) is 12.2. The molecule has 7 heteroatoms. The van der Waals surface area contributed by atoms with E-state index >= 15 is 0 Å². The SMILES string of the molecule is CCN(CC)c1ccc(-c2nnc(SCC(=O)NCC(C)C)n2C)cc1. The monoisotopic (exact) mass is 375 g/mol. The number of carbonyl (C=O) groups excluding carboxylic acids is 1. The zero-order valence-corrected chi connectivity index (χ0v) is 17.1. The second kappa shape index (κ2) is 9.62. The van der Waals surface area contributed by atoms with E-state index in [9.17, 15) is 4.79 Å². The summed E-state index contributed by atoms with van der Waals surface area (Å²) in [5.41, 5.74) is 2.23. The number of anilines is 1. The van der Waals surface area contributed by atoms with Crippen molar-refractivity contribution in [3.63, 3.8) is 0 Å². The molecular formula is C19H29N5OS. The van der Waals surface area contributed by atoms with Gasteiger partial charge in [0.05, 0.1) is 5.75 Å². The molecule has 0 bridgehead atoms. The minimum absolute atomic E-state index is 0.0248. The molecule has 0 unspecified atom stereocenters. The molecule has 1 aromatic carbocycles. The molecule has 1 N–H and O–H groups in total. The molecule has 1 heterocycles. The van der Waals surface area contributed by atoms with Crippen LogP contribution in [0.1, 0.15) is 27.7 Å². The Morgan fingerprint density at radius 1 is 1.19 bits per heavy atom. The van der Waals surface area contributed by atoms with Crippen LogP contribution in [0.25, 0.3) is 11.4 Å². The molecule has 26 heavy (non-hydrogen) atoms. The number of hydrogen-bond donors (Lipinski definition) is 1. The van der Waals surface area contributed by atoms with Crippen LogP contribution in [-0.2, 0) is 11.8 Å². The lowest BCUT2D eigenvalue weighted by Gasteiger charge is -2.21. The Kier molecular flexibility index (Phi) is 7.50. The summed E-state index contributed by atoms with van der Waals surface area (Å²) in [6, 6.07) is 8.37. The Morgan fingerprint density at radius 2 is 1.85 bits per heavy atom. The van der Waals surface area contributed by atoms with Gasteiger partial charge in [-0.3, -0.25) is 4.79 Å². The van der Waals surface area contributed by atoms with Crippen molar-refractivity contribution in [1.82, 2.24) is 20.1 Å². The maximum absolute atomic E-state index is 11.9. The first kappa shape index (κ1) is 20.3. The zero-order valence-electron chi connectivity index (χ0n) is 16.3. The molecule has 0 aliphatic rings. The Bertz CT molecular complexity index is 707. The van der Waals surface area contributed by atoms with Gasteiger partial charge in [-0.1, -0.05) is 25.6 Å². The van der Waals surface area contributed by atoms with Crippen LogP contribution in [0.2, 0.25) is 0 Å². The molecule has 6 nitrogen and oxygen atoms in total. The number of nitrogens with zero attached hydrogens (tertiary/aromatic N) is 4. The topological polar surface area (TPSA) is 63.1 Å². The summed E-state index contributed by atoms with van der Waals surface area (Å²) in [6.07, 6.45) is 0. The number of nitrogens with one attached hydrogen (secondary N) is 1. The molecular weight excluding hydrogens is 346 g/mol. The lowest BCUT2D eigenvalue weighted by atomic mass is 10.2. The lowest BCUT2D eigenvalue weighted by molar-refractivity contribution is -0.118. The Balaban J connectivity index is 2.03. The van der Waals surface area contributed by atoms with Crippen molar-refractivity contribution in [1.29, 1.82) is 0 Å². The van der Waals surface area contributed by atoms with Gasteiger partial charge in [0.25, 0.3) is 0 Å². The second-order valence-electron chi connectivity index (χ2n) is 6.57. The first-order chi connectivity index (χ1) is 12.5. The van der Waals surface area contributed by atoms with Crippen LogP contribution in [0.4, 0.5) is 5.69 Å². The lowest BCUT2D eigenvalue weighted by Crippen LogP contribution is -2.28. The molecule has 0 saturated heterocycles. The summed E-state index contributed by atoms with van der Waals surface area (Å²) in [5.74, 6) is 1.63. The average molecular weight is 376 g/mol. The normalized spacial score (nSPS) is 11.0. The van der Waals surface area contributed by atoms with Gasteiger partial charge >= 0.3 is 0 Å². The molecule has 1 aromatic heterocycles. The van der Waals surface area contributed by atoms with Gasteiger partial charge in [-0.25, -0.2) is 0 Å². The van der Waals surface area contributed by atoms with E-state index in [1.807, 2.05) is 11.6 Å². The quantitative estimate of drug-likeness (QED) is 0.682. The van der Waals surface area contributed by atoms with E-state index in [4.69, 9.17) is 0 Å². The molecule has 142 valence electrons. The van der Waals surface area contributed by atoms with E-state index in [0.717, 1.165) is 29.6 Å². The van der Waals surface area contributed by atoms with Crippen LogP contribution < -0.4 is 10.2 Å². The molecule has 0 aliphatic carbocycles. The van der Waals surface area contributed by atoms with Gasteiger partial charge in [-0.05, 0) is 44.0 Å². The second-order valence-corrected chi connectivity index (χ2v) is 7.51. The number of thioether (sulfide) groups is 1. The van der Waals surface area contributed by atoms with Crippen LogP contribution in [0.5, 0.6) is 0 Å². The highest BCUT2D eigenvalue weighted by Gasteiger charge is 2.13. The molecule has 0 atom stereocenters. The van der Waals surface area contributed by atoms with Crippen molar-refractivity contribution in [2.75, 3.05) is 30.3 Å². The highest BCUT2D eigenvalue weighted by molar-refractivity contribution is 7.99. The number of benzene rings is 1. The molecule has 1 amide bonds. The van der Waals surface area contributed by atoms with Crippen LogP contribution >= 0.6 is 11.8 Å². The third-order valence-electron chi connectivity index (χ3n) is 4.13. The van der Waals surface area contributed by atoms with Crippen molar-refractivity contribution in [3.8, 4) is 11.4 Å². The number of rotatable bonds is 9. The molecule has 0 aliphatic heterocycles. The number of carbonyl (C=O) groups is 1. The van der Waals surface area contributed by atoms with Crippen LogP contribution in [0, 0.1) is 5.92 Å². The highest BCUT2D eigenvalue weighted by atomic mass is 32.2. The van der Waals surface area contributed by atoms with Gasteiger partial charge < -0.3 is 14.8 Å². The smallest absolute Gasteiger partial charge is 0.230 e. The summed E-state index contributed by atoms with van der Waals surface area (Å²) >= 11 is 1.41. The summed E-state index contributed by atoms with van der Waals surface area (Å²) in [4.78, 5) is 14.2. The van der Waals surface area contributed by atoms with Gasteiger partial charge in [0.2, 0.25) is 5.91 Å². The standard InChI is InChI=1S/C19H29N5OS/c1-6-24(7-2)16-10-8-15(9-11-16)18-21-22-19(23(18)5)26-13-17(25)20-12-14(3)4/h8-11,14H,6-7,12-13H2,1-5H3,(H,20,25). The first-order valence-electron chi connectivity index (χ1n) is 9.10. The van der Waals surface area contributed by atoms with E-state index in [-0.39, 0.29) is 5.91 Å². The van der Waals surface area contributed by atoms with Gasteiger partial charge in [0.1, 0.15) is 0 Å². The Labute approximate surface area is 160 Å². The predicted molar refractivity (Wildman–Crippen MR) is 109 cm³/mol. The minimum Gasteiger partial charge on any atom is -0.372 e. The summed E-state index contributed by atoms with van der Waals surface area (Å²) in [6.45, 7) is 11.1. The van der Waals surface area contributed by atoms with Gasteiger partial charge in [-0.15, -0.1) is 10.2 Å². The fourth-order valence-corrected chi connectivity index (χ4v) is 3.34. The molecule has 0 saturated carbocycles. The fourth-order valence-electron chi connectivity index (χ4n) is 2.60. The van der Waals surface area contributed by atoms with Crippen molar-refractivity contribution < 1.29 is 4.79 Å². The zero-order chi connectivity index (χ0) is 19.1. The van der Waals surface area contributed by atoms with Crippen LogP contribution in [0.15, 0.2) is 29.4 Å². The Morgan fingerprint density at radius 3 is 2.42 bits per heavy atom. The van der Waals surface area contributed by atoms with Gasteiger partial charge in [0.15, 0.2) is 11.0 Å². The number of aromatic nitrogens is 3. The van der Waals surface area contributed by atoms with Crippen LogP contribution in [-0.4, -0.2) is 46.1 Å². The highest BCUT2D eigenvalue weighted by Crippen LogP contribution is 2.24. The summed E-state index contributed by atoms with van der Waals surface area (Å²) in [7, 11) is 1.93. The van der Waals surface area contributed by atoms with Gasteiger partial charge in [-0.2, -0.15) is 0 Å². The molecule has 0 spiro atoms. The molecule has 2 aromatic rings. The maximum atomic E-state index is 11.9.